The lowest BCUT2D eigenvalue weighted by Crippen LogP contribution is -2.23. The second-order valence-corrected chi connectivity index (χ2v) is 8.82. The van der Waals surface area contributed by atoms with Gasteiger partial charge >= 0.3 is 0 Å². The molecule has 1 aromatic heterocycles. The van der Waals surface area contributed by atoms with Crippen molar-refractivity contribution in [3.05, 3.63) is 61.0 Å². The lowest BCUT2D eigenvalue weighted by Gasteiger charge is -2.14. The van der Waals surface area contributed by atoms with Gasteiger partial charge in [-0.15, -0.1) is 6.42 Å². The Hall–Kier alpha value is -2.63. The molecule has 0 saturated carbocycles. The van der Waals surface area contributed by atoms with Crippen LogP contribution in [0.4, 0.5) is 0 Å². The van der Waals surface area contributed by atoms with E-state index < -0.39 is 0 Å². The summed E-state index contributed by atoms with van der Waals surface area (Å²) in [5, 5.41) is 5.02. The molecular formula is C24H23Br2N3O3. The molecule has 3 rings (SSSR count). The first-order valence-electron chi connectivity index (χ1n) is 10.2. The highest BCUT2D eigenvalue weighted by molar-refractivity contribution is 9.10. The monoisotopic (exact) mass is 559 g/mol. The molecule has 3 aromatic rings. The molecule has 0 amide bonds. The minimum absolute atomic E-state index is 0.0508. The van der Waals surface area contributed by atoms with Gasteiger partial charge in [0.25, 0.3) is 5.56 Å². The third kappa shape index (κ3) is 5.22. The van der Waals surface area contributed by atoms with Crippen molar-refractivity contribution in [1.82, 2.24) is 9.66 Å². The van der Waals surface area contributed by atoms with Crippen LogP contribution >= 0.6 is 31.9 Å². The van der Waals surface area contributed by atoms with E-state index in [1.54, 1.807) is 24.4 Å². The standard InChI is InChI=1S/C24H23Br2N3O3/c1-5-10-32-22-13-19(26)16(11-21(22)31-7-3)14-27-29-23(15(4)6-2)28-20-9-8-17(25)12-18(20)24(29)30/h1,8-9,11-15H,6-7,10H2,2-4H3/t15-/m1/s1. The highest BCUT2D eigenvalue weighted by Gasteiger charge is 2.16. The van der Waals surface area contributed by atoms with Crippen molar-refractivity contribution in [3.63, 3.8) is 0 Å². The molecule has 2 aromatic carbocycles. The molecule has 0 aliphatic heterocycles. The number of hydrogen-bond acceptors (Lipinski definition) is 5. The maximum Gasteiger partial charge on any atom is 0.282 e. The summed E-state index contributed by atoms with van der Waals surface area (Å²) in [7, 11) is 0. The van der Waals surface area contributed by atoms with Crippen molar-refractivity contribution >= 4 is 49.0 Å². The normalized spacial score (nSPS) is 12.1. The van der Waals surface area contributed by atoms with Crippen molar-refractivity contribution in [3.8, 4) is 23.8 Å². The Kier molecular flexibility index (Phi) is 8.10. The minimum Gasteiger partial charge on any atom is -0.490 e. The Balaban J connectivity index is 2.13. The van der Waals surface area contributed by atoms with Crippen molar-refractivity contribution in [1.29, 1.82) is 0 Å². The Morgan fingerprint density at radius 2 is 1.97 bits per heavy atom. The van der Waals surface area contributed by atoms with Crippen LogP contribution in [0.25, 0.3) is 10.9 Å². The SMILES string of the molecule is C#CCOc1cc(Br)c(C=Nn2c([C@H](C)CC)nc3ccc(Br)cc3c2=O)cc1OCC. The average Bonchev–Trinajstić information content (AvgIpc) is 2.78. The topological polar surface area (TPSA) is 65.7 Å². The predicted molar refractivity (Wildman–Crippen MR) is 135 cm³/mol. The lowest BCUT2D eigenvalue weighted by atomic mass is 10.1. The molecule has 0 unspecified atom stereocenters. The molecule has 6 nitrogen and oxygen atoms in total. The summed E-state index contributed by atoms with van der Waals surface area (Å²) in [6, 6.07) is 9.04. The molecule has 0 bridgehead atoms. The first kappa shape index (κ1) is 24.0. The summed E-state index contributed by atoms with van der Waals surface area (Å²) in [5.74, 6) is 4.18. The average molecular weight is 561 g/mol. The van der Waals surface area contributed by atoms with Crippen LogP contribution in [0.5, 0.6) is 11.5 Å². The summed E-state index contributed by atoms with van der Waals surface area (Å²) < 4.78 is 14.2. The number of fused-ring (bicyclic) bond motifs is 1. The molecule has 0 radical (unpaired) electrons. The van der Waals surface area contributed by atoms with E-state index in [9.17, 15) is 4.79 Å². The van der Waals surface area contributed by atoms with Gasteiger partial charge in [-0.3, -0.25) is 4.79 Å². The fourth-order valence-corrected chi connectivity index (χ4v) is 3.84. The van der Waals surface area contributed by atoms with Gasteiger partial charge in [-0.1, -0.05) is 35.7 Å². The molecule has 166 valence electrons. The van der Waals surface area contributed by atoms with Gasteiger partial charge in [0.05, 0.1) is 23.7 Å². The van der Waals surface area contributed by atoms with E-state index in [2.05, 4.69) is 49.8 Å². The van der Waals surface area contributed by atoms with E-state index in [1.165, 1.54) is 4.68 Å². The van der Waals surface area contributed by atoms with Gasteiger partial charge in [0.1, 0.15) is 12.4 Å². The summed E-state index contributed by atoms with van der Waals surface area (Å²) in [5.41, 5.74) is 1.14. The Morgan fingerprint density at radius 1 is 1.22 bits per heavy atom. The number of benzene rings is 2. The van der Waals surface area contributed by atoms with Gasteiger partial charge < -0.3 is 9.47 Å². The number of halogens is 2. The molecule has 0 N–H and O–H groups in total. The Labute approximate surface area is 203 Å². The molecule has 32 heavy (non-hydrogen) atoms. The number of hydrogen-bond donors (Lipinski definition) is 0. The third-order valence-corrected chi connectivity index (χ3v) is 6.05. The van der Waals surface area contributed by atoms with Crippen LogP contribution < -0.4 is 15.0 Å². The van der Waals surface area contributed by atoms with E-state index in [4.69, 9.17) is 20.9 Å². The number of aromatic nitrogens is 2. The first-order chi connectivity index (χ1) is 15.4. The van der Waals surface area contributed by atoms with Gasteiger partial charge in [-0.2, -0.15) is 9.78 Å². The van der Waals surface area contributed by atoms with Crippen molar-refractivity contribution in [2.24, 2.45) is 5.10 Å². The van der Waals surface area contributed by atoms with Crippen LogP contribution in [0.2, 0.25) is 0 Å². The Morgan fingerprint density at radius 3 is 2.66 bits per heavy atom. The van der Waals surface area contributed by atoms with Gasteiger partial charge in [0.15, 0.2) is 11.5 Å². The zero-order valence-corrected chi connectivity index (χ0v) is 21.2. The molecule has 0 aliphatic carbocycles. The second kappa shape index (κ2) is 10.8. The number of nitrogens with zero attached hydrogens (tertiary/aromatic N) is 3. The first-order valence-corrected chi connectivity index (χ1v) is 11.8. The van der Waals surface area contributed by atoms with Gasteiger partial charge in [-0.25, -0.2) is 4.98 Å². The number of terminal acetylenes is 1. The van der Waals surface area contributed by atoms with Gasteiger partial charge in [-0.05, 0) is 59.6 Å². The largest absolute Gasteiger partial charge is 0.490 e. The minimum atomic E-state index is -0.224. The third-order valence-electron chi connectivity index (χ3n) is 4.87. The van der Waals surface area contributed by atoms with Crippen molar-refractivity contribution in [2.45, 2.75) is 33.1 Å². The van der Waals surface area contributed by atoms with E-state index in [0.717, 1.165) is 20.9 Å². The van der Waals surface area contributed by atoms with Crippen LogP contribution in [-0.2, 0) is 0 Å². The molecule has 1 atom stereocenters. The summed E-state index contributed by atoms with van der Waals surface area (Å²) in [4.78, 5) is 18.0. The maximum absolute atomic E-state index is 13.3. The molecule has 0 fully saturated rings. The molecule has 0 spiro atoms. The summed E-state index contributed by atoms with van der Waals surface area (Å²) in [6.07, 6.45) is 7.73. The van der Waals surface area contributed by atoms with Crippen molar-refractivity contribution in [2.75, 3.05) is 13.2 Å². The highest BCUT2D eigenvalue weighted by Crippen LogP contribution is 2.33. The zero-order valence-electron chi connectivity index (χ0n) is 18.1. The molecule has 0 saturated heterocycles. The maximum atomic E-state index is 13.3. The predicted octanol–water partition coefficient (Wildman–Crippen LogP) is 5.73. The van der Waals surface area contributed by atoms with Crippen molar-refractivity contribution < 1.29 is 9.47 Å². The van der Waals surface area contributed by atoms with Crippen LogP contribution in [0, 0.1) is 12.3 Å². The van der Waals surface area contributed by atoms with Gasteiger partial charge in [0.2, 0.25) is 0 Å². The van der Waals surface area contributed by atoms with Crippen LogP contribution in [-0.4, -0.2) is 29.1 Å². The smallest absolute Gasteiger partial charge is 0.282 e. The fraction of sp³-hybridized carbons (Fsp3) is 0.292. The Bertz CT molecular complexity index is 1260. The highest BCUT2D eigenvalue weighted by atomic mass is 79.9. The molecule has 8 heteroatoms. The van der Waals surface area contributed by atoms with E-state index in [0.29, 0.717) is 34.8 Å². The fourth-order valence-electron chi connectivity index (χ4n) is 3.05. The molecule has 0 aliphatic rings. The number of rotatable bonds is 8. The van der Waals surface area contributed by atoms with Gasteiger partial charge in [0, 0.05) is 20.4 Å². The molecule has 1 heterocycles. The summed E-state index contributed by atoms with van der Waals surface area (Å²) >= 11 is 6.97. The van der Waals surface area contributed by atoms with E-state index in [-0.39, 0.29) is 18.1 Å². The zero-order chi connectivity index (χ0) is 23.3. The van der Waals surface area contributed by atoms with E-state index in [1.807, 2.05) is 26.0 Å². The van der Waals surface area contributed by atoms with Crippen LogP contribution in [0.15, 0.2) is 49.2 Å². The van der Waals surface area contributed by atoms with Crippen LogP contribution in [0.1, 0.15) is 44.5 Å². The summed E-state index contributed by atoms with van der Waals surface area (Å²) in [6.45, 7) is 6.56. The second-order valence-electron chi connectivity index (χ2n) is 7.05. The van der Waals surface area contributed by atoms with E-state index >= 15 is 0 Å². The molecular weight excluding hydrogens is 538 g/mol. The van der Waals surface area contributed by atoms with Crippen LogP contribution in [0.3, 0.4) is 0 Å². The quantitative estimate of drug-likeness (QED) is 0.261. The lowest BCUT2D eigenvalue weighted by molar-refractivity contribution is 0.299. The number of ether oxygens (including phenoxy) is 2.